The molecule has 130 valence electrons. The summed E-state index contributed by atoms with van der Waals surface area (Å²) < 4.78 is 44.0. The van der Waals surface area contributed by atoms with Crippen LogP contribution < -0.4 is 15.4 Å². The predicted molar refractivity (Wildman–Crippen MR) is 82.7 cm³/mol. The van der Waals surface area contributed by atoms with Crippen LogP contribution in [0.15, 0.2) is 18.2 Å². The Balaban J connectivity index is 0.00000264. The Morgan fingerprint density at radius 2 is 2.00 bits per heavy atom. The Kier molecular flexibility index (Phi) is 7.15. The van der Waals surface area contributed by atoms with E-state index in [9.17, 15) is 18.0 Å². The average Bonchev–Trinajstić information content (AvgIpc) is 2.52. The van der Waals surface area contributed by atoms with Crippen molar-refractivity contribution in [3.63, 3.8) is 0 Å². The van der Waals surface area contributed by atoms with E-state index < -0.39 is 11.7 Å². The molecule has 1 fully saturated rings. The first-order valence-electron chi connectivity index (χ1n) is 7.14. The summed E-state index contributed by atoms with van der Waals surface area (Å²) in [7, 11) is 1.31. The number of halogens is 4. The van der Waals surface area contributed by atoms with Crippen LogP contribution in [0.3, 0.4) is 0 Å². The number of hydrogen-bond donors (Lipinski definition) is 2. The van der Waals surface area contributed by atoms with E-state index in [0.717, 1.165) is 19.2 Å². The van der Waals surface area contributed by atoms with Crippen molar-refractivity contribution < 1.29 is 22.7 Å². The van der Waals surface area contributed by atoms with Crippen molar-refractivity contribution >= 4 is 18.3 Å². The van der Waals surface area contributed by atoms with Gasteiger partial charge in [-0.15, -0.1) is 12.4 Å². The largest absolute Gasteiger partial charge is 0.497 e. The fourth-order valence-corrected chi connectivity index (χ4v) is 2.51. The van der Waals surface area contributed by atoms with Gasteiger partial charge in [0.15, 0.2) is 0 Å². The molecule has 0 spiro atoms. The number of piperidine rings is 1. The molecule has 4 nitrogen and oxygen atoms in total. The van der Waals surface area contributed by atoms with Crippen molar-refractivity contribution in [3.05, 3.63) is 29.3 Å². The number of hydrogen-bond acceptors (Lipinski definition) is 3. The SMILES string of the molecule is COc1ccc(CNC(=O)C2CCNCC2)c(C(F)(F)F)c1.Cl. The highest BCUT2D eigenvalue weighted by atomic mass is 35.5. The lowest BCUT2D eigenvalue weighted by Crippen LogP contribution is -2.38. The normalized spacial score (nSPS) is 15.7. The van der Waals surface area contributed by atoms with Crippen molar-refractivity contribution in [3.8, 4) is 5.75 Å². The first-order chi connectivity index (χ1) is 10.4. The minimum absolute atomic E-state index is 0. The maximum atomic E-state index is 13.1. The third-order valence-electron chi connectivity index (χ3n) is 3.79. The zero-order chi connectivity index (χ0) is 16.2. The van der Waals surface area contributed by atoms with Gasteiger partial charge in [-0.1, -0.05) is 6.07 Å². The summed E-state index contributed by atoms with van der Waals surface area (Å²) in [6.45, 7) is 1.38. The van der Waals surface area contributed by atoms with E-state index in [4.69, 9.17) is 4.74 Å². The molecule has 2 rings (SSSR count). The second kappa shape index (κ2) is 8.40. The quantitative estimate of drug-likeness (QED) is 0.876. The lowest BCUT2D eigenvalue weighted by atomic mass is 9.97. The number of ether oxygens (including phenoxy) is 1. The van der Waals surface area contributed by atoms with E-state index in [1.54, 1.807) is 0 Å². The Morgan fingerprint density at radius 1 is 1.35 bits per heavy atom. The van der Waals surface area contributed by atoms with Crippen LogP contribution in [0.5, 0.6) is 5.75 Å². The van der Waals surface area contributed by atoms with E-state index in [2.05, 4.69) is 10.6 Å². The van der Waals surface area contributed by atoms with E-state index in [0.29, 0.717) is 12.8 Å². The van der Waals surface area contributed by atoms with Crippen molar-refractivity contribution in [2.75, 3.05) is 20.2 Å². The molecule has 0 bridgehead atoms. The molecule has 2 N–H and O–H groups in total. The Labute approximate surface area is 139 Å². The van der Waals surface area contributed by atoms with Crippen LogP contribution in [0.1, 0.15) is 24.0 Å². The number of rotatable bonds is 4. The molecule has 1 aliphatic rings. The van der Waals surface area contributed by atoms with Gasteiger partial charge in [-0.3, -0.25) is 4.79 Å². The number of alkyl halides is 3. The molecule has 1 aromatic carbocycles. The molecular formula is C15H20ClF3N2O2. The molecule has 1 amide bonds. The number of benzene rings is 1. The fourth-order valence-electron chi connectivity index (χ4n) is 2.51. The summed E-state index contributed by atoms with van der Waals surface area (Å²) in [4.78, 5) is 12.0. The van der Waals surface area contributed by atoms with Crippen LogP contribution in [0, 0.1) is 5.92 Å². The summed E-state index contributed by atoms with van der Waals surface area (Å²) in [6.07, 6.45) is -3.06. The maximum Gasteiger partial charge on any atom is 0.416 e. The van der Waals surface area contributed by atoms with Crippen molar-refractivity contribution in [2.45, 2.75) is 25.6 Å². The molecule has 0 aromatic heterocycles. The molecule has 0 saturated carbocycles. The van der Waals surface area contributed by atoms with Gasteiger partial charge in [-0.2, -0.15) is 13.2 Å². The second-order valence-electron chi connectivity index (χ2n) is 5.26. The number of nitrogens with one attached hydrogen (secondary N) is 2. The van der Waals surface area contributed by atoms with Crippen LogP contribution in [0.2, 0.25) is 0 Å². The van der Waals surface area contributed by atoms with Crippen molar-refractivity contribution in [2.24, 2.45) is 5.92 Å². The van der Waals surface area contributed by atoms with Crippen molar-refractivity contribution in [1.82, 2.24) is 10.6 Å². The van der Waals surface area contributed by atoms with Gasteiger partial charge >= 0.3 is 6.18 Å². The van der Waals surface area contributed by atoms with Gasteiger partial charge in [0.05, 0.1) is 12.7 Å². The van der Waals surface area contributed by atoms with Gasteiger partial charge in [0, 0.05) is 12.5 Å². The van der Waals surface area contributed by atoms with E-state index in [1.165, 1.54) is 19.2 Å². The summed E-state index contributed by atoms with van der Waals surface area (Å²) in [6, 6.07) is 3.75. The first kappa shape index (κ1) is 19.6. The number of methoxy groups -OCH3 is 1. The molecule has 0 unspecified atom stereocenters. The number of carbonyl (C=O) groups is 1. The highest BCUT2D eigenvalue weighted by Gasteiger charge is 2.34. The summed E-state index contributed by atoms with van der Waals surface area (Å²) in [5.41, 5.74) is -0.743. The summed E-state index contributed by atoms with van der Waals surface area (Å²) >= 11 is 0. The molecular weight excluding hydrogens is 333 g/mol. The van der Waals surface area contributed by atoms with E-state index in [1.807, 2.05) is 0 Å². The minimum atomic E-state index is -4.48. The van der Waals surface area contributed by atoms with Gasteiger partial charge in [-0.05, 0) is 43.6 Å². The molecule has 0 aliphatic carbocycles. The zero-order valence-electron chi connectivity index (χ0n) is 12.7. The zero-order valence-corrected chi connectivity index (χ0v) is 13.5. The minimum Gasteiger partial charge on any atom is -0.497 e. The second-order valence-corrected chi connectivity index (χ2v) is 5.26. The van der Waals surface area contributed by atoms with Gasteiger partial charge in [0.2, 0.25) is 5.91 Å². The molecule has 0 radical (unpaired) electrons. The molecule has 8 heteroatoms. The number of carbonyl (C=O) groups excluding carboxylic acids is 1. The van der Waals surface area contributed by atoms with Crippen LogP contribution in [-0.2, 0) is 17.5 Å². The lowest BCUT2D eigenvalue weighted by Gasteiger charge is -2.22. The van der Waals surface area contributed by atoms with Crippen LogP contribution in [0.25, 0.3) is 0 Å². The first-order valence-corrected chi connectivity index (χ1v) is 7.14. The summed E-state index contributed by atoms with van der Waals surface area (Å²) in [5, 5.41) is 5.75. The van der Waals surface area contributed by atoms with Crippen LogP contribution in [-0.4, -0.2) is 26.1 Å². The fraction of sp³-hybridized carbons (Fsp3) is 0.533. The van der Waals surface area contributed by atoms with Crippen LogP contribution in [0.4, 0.5) is 13.2 Å². The summed E-state index contributed by atoms with van der Waals surface area (Å²) in [5.74, 6) is -0.181. The van der Waals surface area contributed by atoms with E-state index in [-0.39, 0.29) is 42.1 Å². The van der Waals surface area contributed by atoms with Gasteiger partial charge in [-0.25, -0.2) is 0 Å². The molecule has 1 saturated heterocycles. The van der Waals surface area contributed by atoms with Crippen LogP contribution >= 0.6 is 12.4 Å². The highest BCUT2D eigenvalue weighted by Crippen LogP contribution is 2.34. The molecule has 0 atom stereocenters. The Hall–Kier alpha value is -1.47. The number of amides is 1. The highest BCUT2D eigenvalue weighted by molar-refractivity contribution is 5.85. The standard InChI is InChI=1S/C15H19F3N2O2.ClH/c1-22-12-3-2-11(13(8-12)15(16,17)18)9-20-14(21)10-4-6-19-7-5-10;/h2-3,8,10,19H,4-7,9H2,1H3,(H,20,21);1H. The molecule has 1 aromatic rings. The Bertz CT molecular complexity index is 532. The van der Waals surface area contributed by atoms with Crippen molar-refractivity contribution in [1.29, 1.82) is 0 Å². The van der Waals surface area contributed by atoms with Gasteiger partial charge in [0.25, 0.3) is 0 Å². The third kappa shape index (κ3) is 5.28. The Morgan fingerprint density at radius 3 is 2.57 bits per heavy atom. The predicted octanol–water partition coefficient (Wildman–Crippen LogP) is 2.75. The molecule has 1 aliphatic heterocycles. The van der Waals surface area contributed by atoms with E-state index >= 15 is 0 Å². The van der Waals surface area contributed by atoms with Gasteiger partial charge in [0.1, 0.15) is 5.75 Å². The molecule has 23 heavy (non-hydrogen) atoms. The average molecular weight is 353 g/mol. The third-order valence-corrected chi connectivity index (χ3v) is 3.79. The van der Waals surface area contributed by atoms with Gasteiger partial charge < -0.3 is 15.4 Å². The monoisotopic (exact) mass is 352 g/mol. The lowest BCUT2D eigenvalue weighted by molar-refractivity contribution is -0.138. The maximum absolute atomic E-state index is 13.1. The smallest absolute Gasteiger partial charge is 0.416 e. The topological polar surface area (TPSA) is 50.4 Å². The molecule has 1 heterocycles.